The molecule has 0 atom stereocenters. The van der Waals surface area contributed by atoms with E-state index in [0.29, 0.717) is 10.5 Å². The molecule has 8 nitrogen and oxygen atoms in total. The predicted molar refractivity (Wildman–Crippen MR) is 123 cm³/mol. The first kappa shape index (κ1) is 22.7. The van der Waals surface area contributed by atoms with E-state index in [2.05, 4.69) is 15.5 Å². The molecule has 1 aromatic heterocycles. The number of halogens is 1. The highest BCUT2D eigenvalue weighted by Gasteiger charge is 2.34. The number of aromatic nitrogens is 2. The second-order valence-corrected chi connectivity index (χ2v) is 8.68. The van der Waals surface area contributed by atoms with E-state index in [1.54, 1.807) is 6.08 Å². The highest BCUT2D eigenvalue weighted by molar-refractivity contribution is 8.18. The highest BCUT2D eigenvalue weighted by Crippen LogP contribution is 2.31. The summed E-state index contributed by atoms with van der Waals surface area (Å²) in [6, 6.07) is 14.9. The van der Waals surface area contributed by atoms with E-state index in [1.165, 1.54) is 24.3 Å². The number of hydrogen-bond acceptors (Lipinski definition) is 8. The van der Waals surface area contributed by atoms with Crippen LogP contribution < -0.4 is 5.32 Å². The molecule has 11 heteroatoms. The van der Waals surface area contributed by atoms with Gasteiger partial charge in [-0.2, -0.15) is 0 Å². The third kappa shape index (κ3) is 5.88. The molecule has 0 unspecified atom stereocenters. The lowest BCUT2D eigenvalue weighted by Crippen LogP contribution is -2.37. The maximum absolute atomic E-state index is 13.0. The highest BCUT2D eigenvalue weighted by atomic mass is 32.2. The van der Waals surface area contributed by atoms with Crippen molar-refractivity contribution in [2.24, 2.45) is 0 Å². The van der Waals surface area contributed by atoms with Crippen LogP contribution >= 0.6 is 23.5 Å². The Morgan fingerprint density at radius 3 is 2.64 bits per heavy atom. The van der Waals surface area contributed by atoms with Crippen molar-refractivity contribution >= 4 is 46.7 Å². The molecule has 0 saturated carbocycles. The van der Waals surface area contributed by atoms with E-state index in [4.69, 9.17) is 4.42 Å². The van der Waals surface area contributed by atoms with Gasteiger partial charge in [0.15, 0.2) is 0 Å². The molecule has 1 saturated heterocycles. The Morgan fingerprint density at radius 2 is 1.88 bits per heavy atom. The zero-order valence-electron chi connectivity index (χ0n) is 17.1. The molecule has 0 aliphatic carbocycles. The Hall–Kier alpha value is -3.44. The molecular weight excluding hydrogens is 467 g/mol. The van der Waals surface area contributed by atoms with Gasteiger partial charge in [0, 0.05) is 18.7 Å². The van der Waals surface area contributed by atoms with Crippen molar-refractivity contribution in [2.45, 2.75) is 5.22 Å². The Balaban J connectivity index is 1.23. The monoisotopic (exact) mass is 484 g/mol. The molecule has 2 heterocycles. The van der Waals surface area contributed by atoms with Gasteiger partial charge in [-0.05, 0) is 47.7 Å². The Kier molecular flexibility index (Phi) is 7.20. The van der Waals surface area contributed by atoms with Crippen LogP contribution in [0.2, 0.25) is 0 Å². The van der Waals surface area contributed by atoms with Crippen LogP contribution in [-0.4, -0.2) is 51.0 Å². The number of thioether (sulfide) groups is 2. The average molecular weight is 485 g/mol. The molecule has 4 rings (SSSR count). The van der Waals surface area contributed by atoms with Gasteiger partial charge >= 0.3 is 0 Å². The van der Waals surface area contributed by atoms with Gasteiger partial charge in [-0.15, -0.1) is 10.2 Å². The van der Waals surface area contributed by atoms with Crippen LogP contribution in [0.3, 0.4) is 0 Å². The largest absolute Gasteiger partial charge is 0.411 e. The smallest absolute Gasteiger partial charge is 0.293 e. The number of carbonyl (C=O) groups excluding carboxylic acids is 3. The fourth-order valence-corrected chi connectivity index (χ4v) is 4.31. The van der Waals surface area contributed by atoms with E-state index in [0.717, 1.165) is 34.0 Å². The zero-order chi connectivity index (χ0) is 23.2. The molecule has 1 N–H and O–H groups in total. The minimum atomic E-state index is -0.378. The van der Waals surface area contributed by atoms with Crippen LogP contribution in [0.5, 0.6) is 0 Å². The van der Waals surface area contributed by atoms with Gasteiger partial charge in [-0.25, -0.2) is 4.39 Å². The van der Waals surface area contributed by atoms with Gasteiger partial charge < -0.3 is 9.73 Å². The molecule has 1 aliphatic heterocycles. The van der Waals surface area contributed by atoms with Crippen molar-refractivity contribution < 1.29 is 23.2 Å². The third-order valence-corrected chi connectivity index (χ3v) is 6.18. The summed E-state index contributed by atoms with van der Waals surface area (Å²) >= 11 is 1.92. The summed E-state index contributed by atoms with van der Waals surface area (Å²) < 4.78 is 18.5. The Labute approximate surface area is 196 Å². The second kappa shape index (κ2) is 10.5. The Bertz CT molecular complexity index is 1200. The first-order valence-electron chi connectivity index (χ1n) is 9.79. The van der Waals surface area contributed by atoms with Crippen molar-refractivity contribution in [1.82, 2.24) is 20.4 Å². The molecule has 0 bridgehead atoms. The first-order chi connectivity index (χ1) is 16.0. The van der Waals surface area contributed by atoms with E-state index in [9.17, 15) is 18.8 Å². The van der Waals surface area contributed by atoms with Gasteiger partial charge in [-0.1, -0.05) is 42.1 Å². The quantitative estimate of drug-likeness (QED) is 0.380. The number of rotatable bonds is 8. The van der Waals surface area contributed by atoms with Crippen LogP contribution in [0.15, 0.2) is 69.1 Å². The summed E-state index contributed by atoms with van der Waals surface area (Å²) in [7, 11) is 0. The van der Waals surface area contributed by atoms with E-state index >= 15 is 0 Å². The minimum Gasteiger partial charge on any atom is -0.411 e. The summed E-state index contributed by atoms with van der Waals surface area (Å²) in [4.78, 5) is 38.2. The van der Waals surface area contributed by atoms with Crippen molar-refractivity contribution in [3.05, 3.63) is 70.9 Å². The average Bonchev–Trinajstić information content (AvgIpc) is 3.39. The van der Waals surface area contributed by atoms with Crippen LogP contribution in [0.1, 0.15) is 5.56 Å². The van der Waals surface area contributed by atoms with Gasteiger partial charge in [0.2, 0.25) is 11.8 Å². The van der Waals surface area contributed by atoms with Crippen LogP contribution in [0.25, 0.3) is 17.5 Å². The summed E-state index contributed by atoms with van der Waals surface area (Å²) in [6.45, 7) is 0.198. The van der Waals surface area contributed by atoms with Gasteiger partial charge in [0.25, 0.3) is 16.4 Å². The third-order valence-electron chi connectivity index (χ3n) is 4.45. The van der Waals surface area contributed by atoms with Crippen LogP contribution in [-0.2, 0) is 9.59 Å². The van der Waals surface area contributed by atoms with Crippen LogP contribution in [0.4, 0.5) is 9.18 Å². The topological polar surface area (TPSA) is 105 Å². The lowest BCUT2D eigenvalue weighted by Gasteiger charge is -2.12. The Morgan fingerprint density at radius 1 is 1.12 bits per heavy atom. The predicted octanol–water partition coefficient (Wildman–Crippen LogP) is 3.82. The molecular formula is C22H17FN4O4S2. The summed E-state index contributed by atoms with van der Waals surface area (Å²) in [6.07, 6.45) is 1.67. The lowest BCUT2D eigenvalue weighted by molar-refractivity contribution is -0.123. The molecule has 0 spiro atoms. The summed E-state index contributed by atoms with van der Waals surface area (Å²) in [5.41, 5.74) is 1.40. The first-order valence-corrected chi connectivity index (χ1v) is 11.6. The van der Waals surface area contributed by atoms with Gasteiger partial charge in [-0.3, -0.25) is 19.3 Å². The SMILES string of the molecule is O=C(CSc1nnc(-c2ccc(F)cc2)o1)NCCN1C(=O)S/C(=C/c2ccccc2)C1=O. The van der Waals surface area contributed by atoms with Crippen molar-refractivity contribution in [1.29, 1.82) is 0 Å². The molecule has 1 fully saturated rings. The number of nitrogens with zero attached hydrogens (tertiary/aromatic N) is 3. The normalized spacial score (nSPS) is 14.8. The molecule has 168 valence electrons. The molecule has 2 aromatic carbocycles. The number of imide groups is 1. The lowest BCUT2D eigenvalue weighted by atomic mass is 10.2. The van der Waals surface area contributed by atoms with Gasteiger partial charge in [0.1, 0.15) is 5.82 Å². The molecule has 0 radical (unpaired) electrons. The molecule has 3 aromatic rings. The number of nitrogens with one attached hydrogen (secondary N) is 1. The van der Waals surface area contributed by atoms with Crippen LogP contribution in [0, 0.1) is 5.82 Å². The number of amides is 3. The number of benzene rings is 2. The molecule has 33 heavy (non-hydrogen) atoms. The standard InChI is InChI=1S/C22H17FN4O4S2/c23-16-8-6-15(7-9-16)19-25-26-21(31-19)32-13-18(28)24-10-11-27-20(29)17(33-22(27)30)12-14-4-2-1-3-5-14/h1-9,12H,10-11,13H2,(H,24,28)/b17-12+. The maximum atomic E-state index is 13.0. The van der Waals surface area contributed by atoms with Crippen molar-refractivity contribution in [3.8, 4) is 11.5 Å². The van der Waals surface area contributed by atoms with Crippen molar-refractivity contribution in [3.63, 3.8) is 0 Å². The summed E-state index contributed by atoms with van der Waals surface area (Å²) in [5, 5.41) is 10.2. The minimum absolute atomic E-state index is 0.0147. The van der Waals surface area contributed by atoms with Crippen molar-refractivity contribution in [2.75, 3.05) is 18.8 Å². The zero-order valence-corrected chi connectivity index (χ0v) is 18.7. The second-order valence-electron chi connectivity index (χ2n) is 6.76. The molecule has 3 amide bonds. The fourth-order valence-electron chi connectivity index (χ4n) is 2.86. The number of hydrogen-bond donors (Lipinski definition) is 1. The van der Waals surface area contributed by atoms with E-state index in [1.807, 2.05) is 30.3 Å². The summed E-state index contributed by atoms with van der Waals surface area (Å²) in [5.74, 6) is -0.823. The van der Waals surface area contributed by atoms with E-state index in [-0.39, 0.29) is 52.8 Å². The number of carbonyl (C=O) groups is 3. The molecule has 1 aliphatic rings. The van der Waals surface area contributed by atoms with Gasteiger partial charge in [0.05, 0.1) is 10.7 Å². The van der Waals surface area contributed by atoms with E-state index < -0.39 is 0 Å². The fraction of sp³-hybridized carbons (Fsp3) is 0.136. The maximum Gasteiger partial charge on any atom is 0.293 e.